The Labute approximate surface area is 308 Å². The number of aromatic nitrogens is 2. The maximum atomic E-state index is 14.7. The summed E-state index contributed by atoms with van der Waals surface area (Å²) in [5.74, 6) is -0.330. The van der Waals surface area contributed by atoms with Crippen LogP contribution in [0.15, 0.2) is 84.4 Å². The first kappa shape index (κ1) is 35.4. The summed E-state index contributed by atoms with van der Waals surface area (Å²) in [7, 11) is 0. The fourth-order valence-corrected chi connectivity index (χ4v) is 8.02. The molecule has 272 valence electrons. The summed E-state index contributed by atoms with van der Waals surface area (Å²) < 4.78 is 6.49. The third kappa shape index (κ3) is 7.77. The lowest BCUT2D eigenvalue weighted by Crippen LogP contribution is -2.57. The highest BCUT2D eigenvalue weighted by Gasteiger charge is 2.61. The molecule has 2 fully saturated rings. The number of allylic oxidation sites excluding steroid dienone is 1. The number of hydrogen-bond acceptors (Lipinski definition) is 9. The van der Waals surface area contributed by atoms with Crippen molar-refractivity contribution in [1.29, 1.82) is 0 Å². The number of fused-ring (bicyclic) bond motifs is 3. The topological polar surface area (TPSA) is 135 Å². The molecular formula is C40H46N6O5S. The minimum Gasteiger partial charge on any atom is -0.472 e. The smallest absolute Gasteiger partial charge is 0.278 e. The molecule has 0 radical (unpaired) electrons. The van der Waals surface area contributed by atoms with Crippen molar-refractivity contribution < 1.29 is 24.0 Å². The lowest BCUT2D eigenvalue weighted by atomic mass is 9.93. The molecule has 4 aromatic rings. The van der Waals surface area contributed by atoms with Gasteiger partial charge >= 0.3 is 0 Å². The van der Waals surface area contributed by atoms with Gasteiger partial charge in [-0.3, -0.25) is 14.4 Å². The highest BCUT2D eigenvalue weighted by molar-refractivity contribution is 7.13. The van der Waals surface area contributed by atoms with E-state index < -0.39 is 35.5 Å². The normalized spacial score (nSPS) is 25.2. The van der Waals surface area contributed by atoms with Crippen LogP contribution in [-0.2, 0) is 19.8 Å². The van der Waals surface area contributed by atoms with Crippen LogP contribution in [0.4, 0.5) is 5.13 Å². The number of benzene rings is 2. The van der Waals surface area contributed by atoms with Gasteiger partial charge in [0.2, 0.25) is 17.7 Å². The highest BCUT2D eigenvalue weighted by Crippen LogP contribution is 2.45. The number of hydroxylamine groups is 1. The molecule has 7 rings (SSSR count). The van der Waals surface area contributed by atoms with Gasteiger partial charge in [0.1, 0.15) is 23.7 Å². The molecule has 12 heteroatoms. The molecule has 5 atom stereocenters. The van der Waals surface area contributed by atoms with Crippen LogP contribution in [0.25, 0.3) is 10.8 Å². The van der Waals surface area contributed by atoms with Gasteiger partial charge in [-0.1, -0.05) is 82.2 Å². The van der Waals surface area contributed by atoms with Gasteiger partial charge < -0.3 is 25.1 Å². The van der Waals surface area contributed by atoms with Crippen molar-refractivity contribution in [1.82, 2.24) is 25.7 Å². The van der Waals surface area contributed by atoms with E-state index in [-0.39, 0.29) is 30.2 Å². The number of nitrogens with zero attached hydrogens (tertiary/aromatic N) is 3. The lowest BCUT2D eigenvalue weighted by Gasteiger charge is -2.29. The summed E-state index contributed by atoms with van der Waals surface area (Å²) in [5, 5.41) is 11.1. The second kappa shape index (κ2) is 14.9. The first-order valence-electron chi connectivity index (χ1n) is 18.2. The zero-order chi connectivity index (χ0) is 36.3. The molecule has 2 aromatic heterocycles. The maximum Gasteiger partial charge on any atom is 0.278 e. The number of pyridine rings is 1. The zero-order valence-electron chi connectivity index (χ0n) is 29.8. The SMILES string of the molecule is CC(C)(C)c1csc(N[C@H]2CCCCCC=C[C@@H]3C[C@@]3(C(=O)NOc3ccccc3)NC(=O)[C@@H]3C[C@@H](Oc4nccc5ccccc45)CN3C2=O)n1. The monoisotopic (exact) mass is 722 g/mol. The van der Waals surface area contributed by atoms with Gasteiger partial charge in [-0.2, -0.15) is 5.48 Å². The van der Waals surface area contributed by atoms with E-state index in [0.29, 0.717) is 29.6 Å². The van der Waals surface area contributed by atoms with E-state index in [4.69, 9.17) is 14.6 Å². The second-order valence-electron chi connectivity index (χ2n) is 15.0. The highest BCUT2D eigenvalue weighted by atomic mass is 32.1. The fourth-order valence-electron chi connectivity index (χ4n) is 7.03. The van der Waals surface area contributed by atoms with Gasteiger partial charge in [0.05, 0.1) is 12.2 Å². The predicted octanol–water partition coefficient (Wildman–Crippen LogP) is 6.32. The fraction of sp³-hybridized carbons (Fsp3) is 0.425. The van der Waals surface area contributed by atoms with Crippen molar-refractivity contribution in [3.63, 3.8) is 0 Å². The van der Waals surface area contributed by atoms with E-state index in [1.165, 1.54) is 11.3 Å². The Morgan fingerprint density at radius 3 is 2.65 bits per heavy atom. The van der Waals surface area contributed by atoms with E-state index in [1.54, 1.807) is 23.2 Å². The maximum absolute atomic E-state index is 14.7. The summed E-state index contributed by atoms with van der Waals surface area (Å²) in [4.78, 5) is 59.5. The Bertz CT molecular complexity index is 1940. The first-order chi connectivity index (χ1) is 25.1. The van der Waals surface area contributed by atoms with Gasteiger partial charge in [0.15, 0.2) is 10.9 Å². The Balaban J connectivity index is 1.18. The molecule has 0 bridgehead atoms. The molecule has 0 unspecified atom stereocenters. The molecular weight excluding hydrogens is 677 g/mol. The van der Waals surface area contributed by atoms with Crippen LogP contribution < -0.4 is 25.7 Å². The van der Waals surface area contributed by atoms with E-state index in [2.05, 4.69) is 47.9 Å². The largest absolute Gasteiger partial charge is 0.472 e. The van der Waals surface area contributed by atoms with Crippen molar-refractivity contribution in [2.24, 2.45) is 5.92 Å². The van der Waals surface area contributed by atoms with Crippen molar-refractivity contribution in [2.45, 2.75) is 94.9 Å². The van der Waals surface area contributed by atoms with Crippen LogP contribution in [0.2, 0.25) is 0 Å². The molecule has 1 saturated heterocycles. The van der Waals surface area contributed by atoms with Crippen molar-refractivity contribution in [2.75, 3.05) is 11.9 Å². The molecule has 52 heavy (non-hydrogen) atoms. The van der Waals surface area contributed by atoms with Crippen LogP contribution in [-0.4, -0.2) is 62.9 Å². The Morgan fingerprint density at radius 2 is 1.85 bits per heavy atom. The number of ether oxygens (including phenoxy) is 1. The van der Waals surface area contributed by atoms with Gasteiger partial charge in [-0.15, -0.1) is 11.3 Å². The summed E-state index contributed by atoms with van der Waals surface area (Å²) in [6, 6.07) is 17.2. The molecule has 3 N–H and O–H groups in total. The Kier molecular flexibility index (Phi) is 10.2. The van der Waals surface area contributed by atoms with Gasteiger partial charge in [0, 0.05) is 34.7 Å². The average Bonchev–Trinajstić information content (AvgIpc) is 3.41. The predicted molar refractivity (Wildman–Crippen MR) is 201 cm³/mol. The standard InChI is InChI=1S/C40H46N6O5S/c1-39(2,3)33-25-52-38(43-33)42-31-19-11-6-4-5-8-15-27-23-40(27,37(49)45-51-28-16-9-7-10-17-28)44-34(47)32-22-29(24-46(32)36(31)48)50-35-30-18-13-12-14-26(30)20-21-41-35/h7-10,12-18,20-21,25,27,29,31-32H,4-6,11,19,22-24H2,1-3H3,(H,42,43)(H,44,47)(H,45,49)/t27-,29-,31+,32+,40-/m1/s1. The van der Waals surface area contributed by atoms with Gasteiger partial charge in [0.25, 0.3) is 5.91 Å². The number of para-hydroxylation sites is 1. The van der Waals surface area contributed by atoms with Gasteiger partial charge in [-0.05, 0) is 55.3 Å². The molecule has 3 amide bonds. The molecule has 11 nitrogen and oxygen atoms in total. The third-order valence-electron chi connectivity index (χ3n) is 10.1. The summed E-state index contributed by atoms with van der Waals surface area (Å²) in [5.41, 5.74) is 2.17. The Hall–Kier alpha value is -4.97. The minimum absolute atomic E-state index is 0.136. The molecule has 1 aliphatic carbocycles. The van der Waals surface area contributed by atoms with Crippen molar-refractivity contribution in [3.8, 4) is 11.6 Å². The summed E-state index contributed by atoms with van der Waals surface area (Å²) >= 11 is 1.48. The van der Waals surface area contributed by atoms with E-state index in [9.17, 15) is 14.4 Å². The van der Waals surface area contributed by atoms with Crippen LogP contribution in [0, 0.1) is 5.92 Å². The van der Waals surface area contributed by atoms with E-state index in [0.717, 1.165) is 42.1 Å². The molecule has 2 aromatic carbocycles. The second-order valence-corrected chi connectivity index (χ2v) is 15.8. The Morgan fingerprint density at radius 1 is 1.04 bits per heavy atom. The van der Waals surface area contributed by atoms with Crippen molar-refractivity contribution >= 4 is 45.0 Å². The average molecular weight is 723 g/mol. The molecule has 0 spiro atoms. The molecule has 4 heterocycles. The van der Waals surface area contributed by atoms with E-state index >= 15 is 0 Å². The van der Waals surface area contributed by atoms with Crippen LogP contribution in [0.5, 0.6) is 11.6 Å². The van der Waals surface area contributed by atoms with Crippen LogP contribution in [0.1, 0.15) is 71.4 Å². The first-order valence-corrected chi connectivity index (χ1v) is 19.0. The molecule has 3 aliphatic rings. The zero-order valence-corrected chi connectivity index (χ0v) is 30.7. The van der Waals surface area contributed by atoms with E-state index in [1.807, 2.05) is 60.0 Å². The number of carbonyl (C=O) groups excluding carboxylic acids is 3. The number of carbonyl (C=O) groups is 3. The summed E-state index contributed by atoms with van der Waals surface area (Å²) in [6.45, 7) is 6.52. The molecule has 2 aliphatic heterocycles. The third-order valence-corrected chi connectivity index (χ3v) is 10.9. The van der Waals surface area contributed by atoms with Crippen molar-refractivity contribution in [3.05, 3.63) is 90.1 Å². The number of rotatable bonds is 7. The van der Waals surface area contributed by atoms with Crippen LogP contribution in [0.3, 0.4) is 0 Å². The summed E-state index contributed by atoms with van der Waals surface area (Å²) in [6.07, 6.45) is 10.1. The number of amides is 3. The number of hydrogen-bond donors (Lipinski definition) is 3. The van der Waals surface area contributed by atoms with Crippen LogP contribution >= 0.6 is 11.3 Å². The number of nitrogens with one attached hydrogen (secondary N) is 3. The number of anilines is 1. The quantitative estimate of drug-likeness (QED) is 0.149. The lowest BCUT2D eigenvalue weighted by molar-refractivity contribution is -0.141. The van der Waals surface area contributed by atoms with Gasteiger partial charge in [-0.25, -0.2) is 9.97 Å². The minimum atomic E-state index is -1.21. The number of thiazole rings is 1. The molecule has 1 saturated carbocycles.